The van der Waals surface area contributed by atoms with Crippen LogP contribution in [0, 0.1) is 13.8 Å². The second-order valence-corrected chi connectivity index (χ2v) is 6.55. The summed E-state index contributed by atoms with van der Waals surface area (Å²) >= 11 is 1.56. The van der Waals surface area contributed by atoms with Gasteiger partial charge in [-0.1, -0.05) is 12.1 Å². The summed E-state index contributed by atoms with van der Waals surface area (Å²) in [6.45, 7) is 4.57. The average molecular weight is 345 g/mol. The lowest BCUT2D eigenvalue weighted by Gasteiger charge is -2.10. The monoisotopic (exact) mass is 345 g/mol. The smallest absolute Gasteiger partial charge is 0.234 e. The van der Waals surface area contributed by atoms with Crippen LogP contribution in [0.1, 0.15) is 11.1 Å². The molecule has 1 amide bonds. The van der Waals surface area contributed by atoms with Gasteiger partial charge in [-0.15, -0.1) is 11.8 Å². The summed E-state index contributed by atoms with van der Waals surface area (Å²) in [5, 5.41) is 2.96. The van der Waals surface area contributed by atoms with E-state index < -0.39 is 0 Å². The Labute approximate surface area is 147 Å². The Morgan fingerprint density at radius 2 is 1.79 bits per heavy atom. The lowest BCUT2D eigenvalue weighted by atomic mass is 10.1. The van der Waals surface area contributed by atoms with Crippen LogP contribution in [-0.2, 0) is 4.79 Å². The highest BCUT2D eigenvalue weighted by Crippen LogP contribution is 2.18. The van der Waals surface area contributed by atoms with E-state index >= 15 is 0 Å². The van der Waals surface area contributed by atoms with Crippen LogP contribution in [0.5, 0.6) is 11.5 Å². The maximum Gasteiger partial charge on any atom is 0.234 e. The zero-order valence-electron chi connectivity index (χ0n) is 14.3. The van der Waals surface area contributed by atoms with E-state index in [0.29, 0.717) is 12.4 Å². The third-order valence-electron chi connectivity index (χ3n) is 3.46. The van der Waals surface area contributed by atoms with E-state index in [0.717, 1.165) is 34.1 Å². The number of rotatable bonds is 8. The normalized spacial score (nSPS) is 10.3. The predicted octanol–water partition coefficient (Wildman–Crippen LogP) is 4.06. The molecule has 2 aromatic rings. The van der Waals surface area contributed by atoms with Crippen molar-refractivity contribution in [2.75, 3.05) is 30.5 Å². The number of hydrogen-bond donors (Lipinski definition) is 1. The van der Waals surface area contributed by atoms with Crippen molar-refractivity contribution in [3.8, 4) is 11.5 Å². The number of benzene rings is 2. The van der Waals surface area contributed by atoms with Gasteiger partial charge in [0.15, 0.2) is 0 Å². The van der Waals surface area contributed by atoms with Crippen molar-refractivity contribution in [1.82, 2.24) is 0 Å². The molecule has 0 aliphatic carbocycles. The standard InChI is InChI=1S/C19H23NO3S/c1-14-4-5-15(2)18(12-14)20-19(21)13-24-11-10-23-17-8-6-16(22-3)7-9-17/h4-9,12H,10-11,13H2,1-3H3,(H,20,21). The van der Waals surface area contributed by atoms with E-state index in [2.05, 4.69) is 5.32 Å². The van der Waals surface area contributed by atoms with Gasteiger partial charge in [0.1, 0.15) is 11.5 Å². The van der Waals surface area contributed by atoms with Crippen molar-refractivity contribution >= 4 is 23.4 Å². The molecule has 0 fully saturated rings. The van der Waals surface area contributed by atoms with E-state index in [1.54, 1.807) is 18.9 Å². The molecule has 0 aromatic heterocycles. The molecule has 0 atom stereocenters. The number of nitrogens with one attached hydrogen (secondary N) is 1. The van der Waals surface area contributed by atoms with Gasteiger partial charge in [0.25, 0.3) is 0 Å². The topological polar surface area (TPSA) is 47.6 Å². The highest BCUT2D eigenvalue weighted by molar-refractivity contribution is 7.99. The van der Waals surface area contributed by atoms with Gasteiger partial charge >= 0.3 is 0 Å². The highest BCUT2D eigenvalue weighted by Gasteiger charge is 2.05. The van der Waals surface area contributed by atoms with Gasteiger partial charge in [-0.05, 0) is 55.3 Å². The number of amides is 1. The van der Waals surface area contributed by atoms with E-state index in [9.17, 15) is 4.79 Å². The number of anilines is 1. The van der Waals surface area contributed by atoms with Gasteiger partial charge in [0.2, 0.25) is 5.91 Å². The zero-order chi connectivity index (χ0) is 17.4. The molecule has 0 heterocycles. The van der Waals surface area contributed by atoms with E-state index in [1.165, 1.54) is 0 Å². The molecule has 0 bridgehead atoms. The molecule has 0 saturated heterocycles. The molecular weight excluding hydrogens is 322 g/mol. The summed E-state index contributed by atoms with van der Waals surface area (Å²) in [6, 6.07) is 13.5. The molecule has 1 N–H and O–H groups in total. The van der Waals surface area contributed by atoms with E-state index in [-0.39, 0.29) is 5.91 Å². The van der Waals surface area contributed by atoms with Crippen LogP contribution >= 0.6 is 11.8 Å². The van der Waals surface area contributed by atoms with Crippen LogP contribution in [0.15, 0.2) is 42.5 Å². The molecule has 24 heavy (non-hydrogen) atoms. The molecular formula is C19H23NO3S. The number of hydrogen-bond acceptors (Lipinski definition) is 4. The molecule has 4 nitrogen and oxygen atoms in total. The maximum atomic E-state index is 12.0. The molecule has 2 rings (SSSR count). The summed E-state index contributed by atoms with van der Waals surface area (Å²) in [7, 11) is 1.63. The van der Waals surface area contributed by atoms with Crippen molar-refractivity contribution in [2.45, 2.75) is 13.8 Å². The number of ether oxygens (including phenoxy) is 2. The minimum atomic E-state index is 0.0122. The predicted molar refractivity (Wildman–Crippen MR) is 100 cm³/mol. The summed E-state index contributed by atoms with van der Waals surface area (Å²) < 4.78 is 10.7. The first-order chi connectivity index (χ1) is 11.6. The highest BCUT2D eigenvalue weighted by atomic mass is 32.2. The number of aryl methyl sites for hydroxylation is 2. The zero-order valence-corrected chi connectivity index (χ0v) is 15.1. The summed E-state index contributed by atoms with van der Waals surface area (Å²) in [4.78, 5) is 12.0. The molecule has 5 heteroatoms. The SMILES string of the molecule is COc1ccc(OCCSCC(=O)Nc2cc(C)ccc2C)cc1. The first-order valence-corrected chi connectivity index (χ1v) is 8.95. The Morgan fingerprint density at radius 3 is 2.50 bits per heavy atom. The Balaban J connectivity index is 1.66. The molecule has 2 aromatic carbocycles. The fraction of sp³-hybridized carbons (Fsp3) is 0.316. The quantitative estimate of drug-likeness (QED) is 0.733. The second-order valence-electron chi connectivity index (χ2n) is 5.44. The van der Waals surface area contributed by atoms with Gasteiger partial charge in [0.05, 0.1) is 19.5 Å². The molecule has 128 valence electrons. The molecule has 0 aliphatic heterocycles. The Hall–Kier alpha value is -2.14. The van der Waals surface area contributed by atoms with Crippen molar-refractivity contribution in [2.24, 2.45) is 0 Å². The molecule has 0 radical (unpaired) electrons. The maximum absolute atomic E-state index is 12.0. The minimum Gasteiger partial charge on any atom is -0.497 e. The van der Waals surface area contributed by atoms with Crippen LogP contribution in [0.25, 0.3) is 0 Å². The fourth-order valence-corrected chi connectivity index (χ4v) is 2.72. The lowest BCUT2D eigenvalue weighted by Crippen LogP contribution is -2.16. The molecule has 0 spiro atoms. The number of thioether (sulfide) groups is 1. The van der Waals surface area contributed by atoms with Gasteiger partial charge in [-0.2, -0.15) is 0 Å². The number of carbonyl (C=O) groups excluding carboxylic acids is 1. The minimum absolute atomic E-state index is 0.0122. The van der Waals surface area contributed by atoms with E-state index in [4.69, 9.17) is 9.47 Å². The summed E-state index contributed by atoms with van der Waals surface area (Å²) in [5.41, 5.74) is 3.09. The van der Waals surface area contributed by atoms with Gasteiger partial charge < -0.3 is 14.8 Å². The number of methoxy groups -OCH3 is 1. The van der Waals surface area contributed by atoms with Crippen molar-refractivity contribution < 1.29 is 14.3 Å². The van der Waals surface area contributed by atoms with Crippen LogP contribution in [0.2, 0.25) is 0 Å². The Kier molecular flexibility index (Phi) is 7.00. The second kappa shape index (κ2) is 9.23. The van der Waals surface area contributed by atoms with Crippen molar-refractivity contribution in [3.63, 3.8) is 0 Å². The number of carbonyl (C=O) groups is 1. The largest absolute Gasteiger partial charge is 0.497 e. The lowest BCUT2D eigenvalue weighted by molar-refractivity contribution is -0.113. The molecule has 0 unspecified atom stereocenters. The molecule has 0 aliphatic rings. The fourth-order valence-electron chi connectivity index (χ4n) is 2.11. The van der Waals surface area contributed by atoms with Crippen LogP contribution in [-0.4, -0.2) is 31.1 Å². The average Bonchev–Trinajstić information content (AvgIpc) is 2.58. The molecule has 0 saturated carbocycles. The van der Waals surface area contributed by atoms with Crippen LogP contribution in [0.3, 0.4) is 0 Å². The first-order valence-electron chi connectivity index (χ1n) is 7.80. The van der Waals surface area contributed by atoms with Crippen molar-refractivity contribution in [3.05, 3.63) is 53.6 Å². The van der Waals surface area contributed by atoms with Gasteiger partial charge in [0, 0.05) is 11.4 Å². The van der Waals surface area contributed by atoms with E-state index in [1.807, 2.05) is 56.3 Å². The Morgan fingerprint density at radius 1 is 1.08 bits per heavy atom. The summed E-state index contributed by atoms with van der Waals surface area (Å²) in [6.07, 6.45) is 0. The van der Waals surface area contributed by atoms with Crippen molar-refractivity contribution in [1.29, 1.82) is 0 Å². The summed E-state index contributed by atoms with van der Waals surface area (Å²) in [5.74, 6) is 2.79. The third-order valence-corrected chi connectivity index (χ3v) is 4.38. The first kappa shape index (κ1) is 18.2. The van der Waals surface area contributed by atoms with Crippen LogP contribution < -0.4 is 14.8 Å². The third kappa shape index (κ3) is 5.81. The Bertz CT molecular complexity index is 671. The van der Waals surface area contributed by atoms with Gasteiger partial charge in [-0.3, -0.25) is 4.79 Å². The van der Waals surface area contributed by atoms with Gasteiger partial charge in [-0.25, -0.2) is 0 Å². The van der Waals surface area contributed by atoms with Crippen LogP contribution in [0.4, 0.5) is 5.69 Å².